The molecular formula is C26H39N2O5+. The smallest absolute Gasteiger partial charge is 0.412 e. The number of aliphatic hydroxyl groups is 1. The maximum atomic E-state index is 12.2. The molecule has 0 spiro atoms. The second-order valence-corrected chi connectivity index (χ2v) is 11.4. The molecule has 5 atom stereocenters. The number of aryl methyl sites for hydroxylation is 1. The van der Waals surface area contributed by atoms with E-state index in [4.69, 9.17) is 9.47 Å². The summed E-state index contributed by atoms with van der Waals surface area (Å²) < 4.78 is 10.8. The van der Waals surface area contributed by atoms with Crippen LogP contribution in [0.5, 0.6) is 0 Å². The van der Waals surface area contributed by atoms with Crippen LogP contribution in [0, 0.1) is 17.3 Å². The molecule has 182 valence electrons. The molecule has 1 amide bonds. The number of likely N-dealkylation sites (N-methyl/N-ethyl adjacent to an activating group) is 1. The molecule has 3 aliphatic rings. The topological polar surface area (TPSA) is 84.9 Å². The minimum Gasteiger partial charge on any atom is -0.457 e. The van der Waals surface area contributed by atoms with E-state index in [0.717, 1.165) is 38.5 Å². The number of fused-ring (bicyclic) bond motifs is 5. The van der Waals surface area contributed by atoms with Crippen molar-refractivity contribution in [1.82, 2.24) is 0 Å². The fourth-order valence-corrected chi connectivity index (χ4v) is 6.39. The largest absolute Gasteiger partial charge is 0.457 e. The number of aliphatic hydroxyl groups excluding tert-OH is 1. The SMILES string of the molecule is C[C@]12CCC3c4ccc(NC(=O)OCC(=O)OCC[N+](C)(C)C)cc4CCC3C1CC[C@@H]2O. The zero-order chi connectivity index (χ0) is 23.8. The van der Waals surface area contributed by atoms with Gasteiger partial charge in [0.05, 0.1) is 27.2 Å². The van der Waals surface area contributed by atoms with Crippen LogP contribution in [0.25, 0.3) is 0 Å². The quantitative estimate of drug-likeness (QED) is 0.501. The Bertz CT molecular complexity index is 895. The first-order valence-corrected chi connectivity index (χ1v) is 12.3. The lowest BCUT2D eigenvalue weighted by molar-refractivity contribution is -0.870. The lowest BCUT2D eigenvalue weighted by atomic mass is 9.55. The molecule has 2 fully saturated rings. The van der Waals surface area contributed by atoms with Crippen LogP contribution in [-0.2, 0) is 20.7 Å². The molecule has 3 aliphatic carbocycles. The number of benzene rings is 1. The van der Waals surface area contributed by atoms with Crippen LogP contribution < -0.4 is 5.32 Å². The highest BCUT2D eigenvalue weighted by molar-refractivity contribution is 5.86. The summed E-state index contributed by atoms with van der Waals surface area (Å²) in [5.74, 6) is 1.24. The molecular weight excluding hydrogens is 420 g/mol. The number of anilines is 1. The van der Waals surface area contributed by atoms with Crippen molar-refractivity contribution in [2.75, 3.05) is 46.2 Å². The molecule has 0 bridgehead atoms. The van der Waals surface area contributed by atoms with E-state index in [0.29, 0.717) is 41.1 Å². The number of carbonyl (C=O) groups excluding carboxylic acids is 2. The van der Waals surface area contributed by atoms with Crippen molar-refractivity contribution >= 4 is 17.7 Å². The predicted octanol–water partition coefficient (Wildman–Crippen LogP) is 3.70. The number of hydrogen-bond donors (Lipinski definition) is 2. The molecule has 0 heterocycles. The van der Waals surface area contributed by atoms with Gasteiger partial charge in [-0.15, -0.1) is 0 Å². The van der Waals surface area contributed by atoms with Crippen LogP contribution in [0.1, 0.15) is 56.1 Å². The highest BCUT2D eigenvalue weighted by atomic mass is 16.6. The van der Waals surface area contributed by atoms with E-state index in [2.05, 4.69) is 18.3 Å². The molecule has 3 unspecified atom stereocenters. The van der Waals surface area contributed by atoms with Gasteiger partial charge in [-0.05, 0) is 85.0 Å². The third-order valence-corrected chi connectivity index (χ3v) is 8.27. The lowest BCUT2D eigenvalue weighted by Gasteiger charge is -2.50. The van der Waals surface area contributed by atoms with E-state index >= 15 is 0 Å². The standard InChI is InChI=1S/C26H38N2O5/c1-26-12-11-20-19-8-6-18(15-17(19)5-7-21(20)22(26)9-10-23(26)29)27-25(31)33-16-24(30)32-14-13-28(2,3)4/h6,8,15,20-23,29H,5,7,9-14,16H2,1-4H3/p+1/t20?,21?,22?,23-,26-/m0/s1. The van der Waals surface area contributed by atoms with Crippen LogP contribution in [0.15, 0.2) is 18.2 Å². The normalized spacial score (nSPS) is 30.6. The molecule has 1 aromatic carbocycles. The van der Waals surface area contributed by atoms with Gasteiger partial charge in [0.15, 0.2) is 6.61 Å². The number of quaternary nitrogens is 1. The highest BCUT2D eigenvalue weighted by Gasteiger charge is 2.54. The van der Waals surface area contributed by atoms with Gasteiger partial charge in [-0.25, -0.2) is 9.59 Å². The summed E-state index contributed by atoms with van der Waals surface area (Å²) in [7, 11) is 6.04. The van der Waals surface area contributed by atoms with Gasteiger partial charge >= 0.3 is 12.1 Å². The van der Waals surface area contributed by atoms with Crippen molar-refractivity contribution in [2.24, 2.45) is 17.3 Å². The Kier molecular flexibility index (Phi) is 6.74. The Morgan fingerprint density at radius 3 is 2.70 bits per heavy atom. The first kappa shape index (κ1) is 24.0. The van der Waals surface area contributed by atoms with Crippen molar-refractivity contribution < 1.29 is 28.7 Å². The van der Waals surface area contributed by atoms with Gasteiger partial charge in [-0.3, -0.25) is 5.32 Å². The van der Waals surface area contributed by atoms with Crippen LogP contribution in [0.3, 0.4) is 0 Å². The molecule has 0 aromatic heterocycles. The molecule has 0 radical (unpaired) electrons. The lowest BCUT2D eigenvalue weighted by Crippen LogP contribution is -2.43. The molecule has 0 saturated heterocycles. The van der Waals surface area contributed by atoms with Crippen LogP contribution in [-0.4, -0.2) is 68.7 Å². The van der Waals surface area contributed by atoms with E-state index in [9.17, 15) is 14.7 Å². The number of rotatable bonds is 6. The maximum Gasteiger partial charge on any atom is 0.412 e. The summed E-state index contributed by atoms with van der Waals surface area (Å²) in [6.07, 6.45) is 5.59. The van der Waals surface area contributed by atoms with Gasteiger partial charge in [-0.2, -0.15) is 0 Å². The van der Waals surface area contributed by atoms with Crippen LogP contribution in [0.2, 0.25) is 0 Å². The fraction of sp³-hybridized carbons (Fsp3) is 0.692. The summed E-state index contributed by atoms with van der Waals surface area (Å²) in [4.78, 5) is 24.0. The van der Waals surface area contributed by atoms with Gasteiger partial charge in [0.2, 0.25) is 0 Å². The Morgan fingerprint density at radius 2 is 1.94 bits per heavy atom. The Labute approximate surface area is 197 Å². The zero-order valence-electron chi connectivity index (χ0n) is 20.4. The van der Waals surface area contributed by atoms with Crippen molar-refractivity contribution in [3.63, 3.8) is 0 Å². The molecule has 7 nitrogen and oxygen atoms in total. The third kappa shape index (κ3) is 5.19. The second kappa shape index (κ2) is 9.26. The molecule has 2 saturated carbocycles. The number of nitrogens with one attached hydrogen (secondary N) is 1. The van der Waals surface area contributed by atoms with E-state index < -0.39 is 18.7 Å². The van der Waals surface area contributed by atoms with Gasteiger partial charge in [-0.1, -0.05) is 13.0 Å². The van der Waals surface area contributed by atoms with Gasteiger partial charge in [0, 0.05) is 5.69 Å². The average molecular weight is 460 g/mol. The van der Waals surface area contributed by atoms with E-state index in [1.807, 2.05) is 33.3 Å². The van der Waals surface area contributed by atoms with E-state index in [1.165, 1.54) is 11.1 Å². The molecule has 1 aromatic rings. The van der Waals surface area contributed by atoms with E-state index in [1.54, 1.807) is 0 Å². The number of carbonyl (C=O) groups is 2. The Balaban J connectivity index is 1.31. The number of ether oxygens (including phenoxy) is 2. The third-order valence-electron chi connectivity index (χ3n) is 8.27. The number of nitrogens with zero attached hydrogens (tertiary/aromatic N) is 1. The summed E-state index contributed by atoms with van der Waals surface area (Å²) in [6, 6.07) is 6.12. The van der Waals surface area contributed by atoms with E-state index in [-0.39, 0.29) is 11.5 Å². The molecule has 33 heavy (non-hydrogen) atoms. The number of amides is 1. The van der Waals surface area contributed by atoms with Crippen LogP contribution >= 0.6 is 0 Å². The number of hydrogen-bond acceptors (Lipinski definition) is 5. The van der Waals surface area contributed by atoms with Gasteiger partial charge in [0.25, 0.3) is 0 Å². The van der Waals surface area contributed by atoms with Crippen molar-refractivity contribution in [1.29, 1.82) is 0 Å². The van der Waals surface area contributed by atoms with Crippen LogP contribution in [0.4, 0.5) is 10.5 Å². The molecule has 7 heteroatoms. The van der Waals surface area contributed by atoms with Crippen molar-refractivity contribution in [3.8, 4) is 0 Å². The first-order valence-electron chi connectivity index (χ1n) is 12.3. The molecule has 0 aliphatic heterocycles. The molecule has 4 rings (SSSR count). The van der Waals surface area contributed by atoms with Crippen molar-refractivity contribution in [2.45, 2.75) is 57.5 Å². The van der Waals surface area contributed by atoms with Gasteiger partial charge in [0.1, 0.15) is 13.2 Å². The monoisotopic (exact) mass is 459 g/mol. The van der Waals surface area contributed by atoms with Gasteiger partial charge < -0.3 is 19.1 Å². The average Bonchev–Trinajstić information content (AvgIpc) is 3.05. The van der Waals surface area contributed by atoms with Crippen molar-refractivity contribution in [3.05, 3.63) is 29.3 Å². The number of esters is 1. The Morgan fingerprint density at radius 1 is 1.15 bits per heavy atom. The minimum absolute atomic E-state index is 0.0803. The molecule has 2 N–H and O–H groups in total. The predicted molar refractivity (Wildman–Crippen MR) is 126 cm³/mol. The highest BCUT2D eigenvalue weighted by Crippen LogP contribution is 2.60. The summed E-state index contributed by atoms with van der Waals surface area (Å²) in [6.45, 7) is 2.87. The summed E-state index contributed by atoms with van der Waals surface area (Å²) in [5, 5.41) is 13.3. The zero-order valence-corrected chi connectivity index (χ0v) is 20.4. The minimum atomic E-state index is -0.652. The second-order valence-electron chi connectivity index (χ2n) is 11.4. The maximum absolute atomic E-state index is 12.2. The fourth-order valence-electron chi connectivity index (χ4n) is 6.39. The Hall–Kier alpha value is -2.12. The summed E-state index contributed by atoms with van der Waals surface area (Å²) >= 11 is 0. The first-order chi connectivity index (χ1) is 15.6. The summed E-state index contributed by atoms with van der Waals surface area (Å²) in [5.41, 5.74) is 3.45.